The molecule has 2 aromatic carbocycles. The predicted octanol–water partition coefficient (Wildman–Crippen LogP) is 5.90. The van der Waals surface area contributed by atoms with Gasteiger partial charge < -0.3 is 9.53 Å². The molecule has 0 bridgehead atoms. The molecule has 3 nitrogen and oxygen atoms in total. The number of ketones is 1. The van der Waals surface area contributed by atoms with Gasteiger partial charge in [-0.15, -0.1) is 0 Å². The van der Waals surface area contributed by atoms with Crippen molar-refractivity contribution in [2.75, 3.05) is 0 Å². The molecule has 3 aliphatic rings. The monoisotopic (exact) mass is 416 g/mol. The number of carbonyl (C=O) groups excluding carboxylic acids is 2. The highest BCUT2D eigenvalue weighted by Crippen LogP contribution is 2.62. The van der Waals surface area contributed by atoms with Crippen LogP contribution in [0.25, 0.3) is 0 Å². The van der Waals surface area contributed by atoms with Gasteiger partial charge in [0.05, 0.1) is 0 Å². The molecule has 0 aromatic heterocycles. The normalized spacial score (nSPS) is 31.5. The van der Waals surface area contributed by atoms with Crippen molar-refractivity contribution in [2.45, 2.75) is 64.4 Å². The number of ether oxygens (including phenoxy) is 1. The summed E-state index contributed by atoms with van der Waals surface area (Å²) in [5.74, 6) is 3.30. The van der Waals surface area contributed by atoms with Crippen LogP contribution in [0.3, 0.4) is 0 Å². The number of carbonyl (C=O) groups is 2. The molecular formula is C28H32O3. The van der Waals surface area contributed by atoms with Gasteiger partial charge in [-0.25, -0.2) is 0 Å². The summed E-state index contributed by atoms with van der Waals surface area (Å²) in [5.41, 5.74) is 3.90. The maximum atomic E-state index is 13.0. The molecule has 0 aliphatic heterocycles. The van der Waals surface area contributed by atoms with E-state index in [4.69, 9.17) is 4.74 Å². The Morgan fingerprint density at radius 3 is 2.77 bits per heavy atom. The number of fused-ring (bicyclic) bond motifs is 5. The van der Waals surface area contributed by atoms with Crippen LogP contribution >= 0.6 is 0 Å². The van der Waals surface area contributed by atoms with E-state index in [9.17, 15) is 9.59 Å². The third-order valence-corrected chi connectivity index (χ3v) is 8.45. The zero-order valence-corrected chi connectivity index (χ0v) is 18.4. The van der Waals surface area contributed by atoms with E-state index in [1.54, 1.807) is 0 Å². The van der Waals surface area contributed by atoms with Gasteiger partial charge in [0.15, 0.2) is 0 Å². The molecule has 0 saturated heterocycles. The van der Waals surface area contributed by atoms with Gasteiger partial charge in [0.1, 0.15) is 24.4 Å². The molecule has 5 atom stereocenters. The Labute approximate surface area is 185 Å². The Hall–Kier alpha value is -2.42. The fourth-order valence-electron chi connectivity index (χ4n) is 7.00. The van der Waals surface area contributed by atoms with Crippen LogP contribution in [0.4, 0.5) is 0 Å². The Morgan fingerprint density at radius 2 is 1.97 bits per heavy atom. The fourth-order valence-corrected chi connectivity index (χ4v) is 7.00. The summed E-state index contributed by atoms with van der Waals surface area (Å²) in [7, 11) is 0. The van der Waals surface area contributed by atoms with E-state index in [1.165, 1.54) is 16.7 Å². The number of hydrogen-bond acceptors (Lipinski definition) is 3. The first-order valence-electron chi connectivity index (χ1n) is 11.9. The standard InChI is InChI=1S/C28H32O3/c1-28-14-13-24-23-12-10-22(31-18-19-6-3-2-4-7-19)16-20(23)9-11-25(24)27(28)21(8-5-15-29)17-26(28)30/h2-4,6-7,10,12,15-16,21,24-25,27H,5,8-9,11,13-14,17-18H2,1H3. The number of hydrogen-bond donors (Lipinski definition) is 0. The van der Waals surface area contributed by atoms with Crippen LogP contribution in [0.2, 0.25) is 0 Å². The topological polar surface area (TPSA) is 43.4 Å². The van der Waals surface area contributed by atoms with Gasteiger partial charge in [-0.3, -0.25) is 4.79 Å². The van der Waals surface area contributed by atoms with Crippen LogP contribution < -0.4 is 4.74 Å². The maximum Gasteiger partial charge on any atom is 0.139 e. The van der Waals surface area contributed by atoms with Gasteiger partial charge in [0.2, 0.25) is 0 Å². The average Bonchev–Trinajstić information content (AvgIpc) is 3.06. The van der Waals surface area contributed by atoms with Crippen molar-refractivity contribution < 1.29 is 14.3 Å². The second-order valence-electron chi connectivity index (χ2n) is 10.1. The lowest BCUT2D eigenvalue weighted by Gasteiger charge is -2.50. The van der Waals surface area contributed by atoms with Crippen molar-refractivity contribution in [2.24, 2.45) is 23.2 Å². The molecule has 0 spiro atoms. The lowest BCUT2D eigenvalue weighted by molar-refractivity contribution is -0.129. The summed E-state index contributed by atoms with van der Waals surface area (Å²) in [6.45, 7) is 2.81. The molecule has 3 aliphatic carbocycles. The van der Waals surface area contributed by atoms with Gasteiger partial charge in [-0.2, -0.15) is 0 Å². The van der Waals surface area contributed by atoms with Gasteiger partial charge in [0.25, 0.3) is 0 Å². The van der Waals surface area contributed by atoms with Crippen LogP contribution in [0.5, 0.6) is 5.75 Å². The molecule has 0 radical (unpaired) electrons. The van der Waals surface area contributed by atoms with Crippen LogP contribution in [0, 0.1) is 23.2 Å². The highest BCUT2D eigenvalue weighted by molar-refractivity contribution is 5.87. The first-order valence-corrected chi connectivity index (χ1v) is 11.9. The van der Waals surface area contributed by atoms with E-state index in [1.807, 2.05) is 18.2 Å². The second kappa shape index (κ2) is 8.26. The minimum absolute atomic E-state index is 0.176. The Kier molecular flexibility index (Phi) is 5.45. The third kappa shape index (κ3) is 3.62. The van der Waals surface area contributed by atoms with Crippen LogP contribution in [-0.4, -0.2) is 12.1 Å². The van der Waals surface area contributed by atoms with Crippen molar-refractivity contribution in [3.8, 4) is 5.75 Å². The van der Waals surface area contributed by atoms with Crippen LogP contribution in [0.15, 0.2) is 48.5 Å². The number of Topliss-reactive ketones (excluding diaryl/α,β-unsaturated/α-hetero) is 1. The van der Waals surface area contributed by atoms with E-state index >= 15 is 0 Å². The smallest absolute Gasteiger partial charge is 0.139 e. The molecule has 31 heavy (non-hydrogen) atoms. The van der Waals surface area contributed by atoms with E-state index in [0.29, 0.717) is 48.9 Å². The second-order valence-corrected chi connectivity index (χ2v) is 10.1. The highest BCUT2D eigenvalue weighted by Gasteiger charge is 2.58. The molecule has 2 fully saturated rings. The van der Waals surface area contributed by atoms with E-state index < -0.39 is 0 Å². The lowest BCUT2D eigenvalue weighted by atomic mass is 9.54. The Balaban J connectivity index is 1.36. The largest absolute Gasteiger partial charge is 0.489 e. The highest BCUT2D eigenvalue weighted by atomic mass is 16.5. The molecule has 162 valence electrons. The van der Waals surface area contributed by atoms with E-state index in [-0.39, 0.29) is 5.41 Å². The summed E-state index contributed by atoms with van der Waals surface area (Å²) in [4.78, 5) is 24.0. The van der Waals surface area contributed by atoms with Gasteiger partial charge >= 0.3 is 0 Å². The van der Waals surface area contributed by atoms with Gasteiger partial charge in [-0.1, -0.05) is 43.3 Å². The summed E-state index contributed by atoms with van der Waals surface area (Å²) in [5, 5.41) is 0. The molecule has 5 unspecified atom stereocenters. The number of benzene rings is 2. The first kappa shape index (κ1) is 20.5. The predicted molar refractivity (Wildman–Crippen MR) is 121 cm³/mol. The SMILES string of the molecule is CC12CCC3c4ccc(OCc5ccccc5)cc4CCC3C1C(CCC=O)CC2=O. The Morgan fingerprint density at radius 1 is 1.13 bits per heavy atom. The summed E-state index contributed by atoms with van der Waals surface area (Å²) < 4.78 is 6.08. The number of aryl methyl sites for hydroxylation is 1. The number of rotatable bonds is 6. The summed E-state index contributed by atoms with van der Waals surface area (Å²) in [6.07, 6.45) is 7.44. The van der Waals surface area contributed by atoms with E-state index in [0.717, 1.165) is 44.1 Å². The van der Waals surface area contributed by atoms with Crippen molar-refractivity contribution >= 4 is 12.1 Å². The van der Waals surface area contributed by atoms with Crippen LogP contribution in [0.1, 0.15) is 68.1 Å². The quantitative estimate of drug-likeness (QED) is 0.551. The minimum atomic E-state index is -0.176. The zero-order chi connectivity index (χ0) is 21.4. The lowest BCUT2D eigenvalue weighted by Crippen LogP contribution is -2.44. The maximum absolute atomic E-state index is 13.0. The molecular weight excluding hydrogens is 384 g/mol. The summed E-state index contributed by atoms with van der Waals surface area (Å²) in [6, 6.07) is 16.9. The van der Waals surface area contributed by atoms with Crippen molar-refractivity contribution in [3.63, 3.8) is 0 Å². The average molecular weight is 417 g/mol. The van der Waals surface area contributed by atoms with Crippen molar-refractivity contribution in [1.29, 1.82) is 0 Å². The zero-order valence-electron chi connectivity index (χ0n) is 18.4. The fraction of sp³-hybridized carbons (Fsp3) is 0.500. The molecule has 2 aromatic rings. The molecule has 2 saturated carbocycles. The van der Waals surface area contributed by atoms with E-state index in [2.05, 4.69) is 37.3 Å². The van der Waals surface area contributed by atoms with Crippen LogP contribution in [-0.2, 0) is 22.6 Å². The third-order valence-electron chi connectivity index (χ3n) is 8.45. The van der Waals surface area contributed by atoms with Gasteiger partial charge in [-0.05, 0) is 84.6 Å². The Bertz CT molecular complexity index is 965. The number of aldehydes is 1. The minimum Gasteiger partial charge on any atom is -0.489 e. The van der Waals surface area contributed by atoms with Crippen molar-refractivity contribution in [3.05, 3.63) is 65.2 Å². The van der Waals surface area contributed by atoms with Crippen molar-refractivity contribution in [1.82, 2.24) is 0 Å². The molecule has 0 heterocycles. The van der Waals surface area contributed by atoms with Gasteiger partial charge in [0, 0.05) is 18.3 Å². The molecule has 0 amide bonds. The molecule has 0 N–H and O–H groups in total. The summed E-state index contributed by atoms with van der Waals surface area (Å²) >= 11 is 0. The first-order chi connectivity index (χ1) is 15.1. The molecule has 5 rings (SSSR count). The molecule has 3 heteroatoms.